The summed E-state index contributed by atoms with van der Waals surface area (Å²) in [5, 5.41) is 6.46. The number of ether oxygens (including phenoxy) is 2. The van der Waals surface area contributed by atoms with Crippen LogP contribution >= 0.6 is 11.8 Å². The molecule has 37 heavy (non-hydrogen) atoms. The van der Waals surface area contributed by atoms with Crippen LogP contribution in [0.25, 0.3) is 10.9 Å². The first kappa shape index (κ1) is 24.6. The van der Waals surface area contributed by atoms with Gasteiger partial charge in [0.1, 0.15) is 17.2 Å². The van der Waals surface area contributed by atoms with Gasteiger partial charge in [0.15, 0.2) is 11.5 Å². The van der Waals surface area contributed by atoms with E-state index in [-0.39, 0.29) is 25.0 Å². The quantitative estimate of drug-likeness (QED) is 0.316. The topological polar surface area (TPSA) is 81.6 Å². The Morgan fingerprint density at radius 2 is 1.73 bits per heavy atom. The van der Waals surface area contributed by atoms with E-state index in [2.05, 4.69) is 10.6 Å². The van der Waals surface area contributed by atoms with Crippen LogP contribution in [-0.2, 0) is 17.9 Å². The molecule has 190 valence electrons. The van der Waals surface area contributed by atoms with E-state index in [1.54, 1.807) is 0 Å². The Kier molecular flexibility index (Phi) is 7.27. The molecule has 5 rings (SSSR count). The Bertz CT molecular complexity index is 1450. The van der Waals surface area contributed by atoms with Gasteiger partial charge in [-0.1, -0.05) is 30.3 Å². The van der Waals surface area contributed by atoms with Crippen molar-refractivity contribution in [2.45, 2.75) is 18.0 Å². The summed E-state index contributed by atoms with van der Waals surface area (Å²) in [6.45, 7) is 1.14. The molecule has 0 saturated carbocycles. The number of para-hydroxylation sites is 1. The summed E-state index contributed by atoms with van der Waals surface area (Å²) in [4.78, 5) is 25.7. The van der Waals surface area contributed by atoms with E-state index < -0.39 is 23.1 Å². The summed E-state index contributed by atoms with van der Waals surface area (Å²) in [6, 6.07) is 16.6. The second-order valence-corrected chi connectivity index (χ2v) is 9.33. The van der Waals surface area contributed by atoms with Gasteiger partial charge in [-0.25, -0.2) is 8.78 Å². The van der Waals surface area contributed by atoms with E-state index >= 15 is 0 Å². The lowest BCUT2D eigenvalue weighted by atomic mass is 10.2. The SMILES string of the molecule is O=C(CSc1cn(CCNC(=O)c2c(F)cccc2F)c2ccccc12)NCc1ccc2c(c1)OCO2. The van der Waals surface area contributed by atoms with Crippen LogP contribution in [0.5, 0.6) is 11.5 Å². The number of benzene rings is 3. The second-order valence-electron chi connectivity index (χ2n) is 8.31. The molecule has 0 atom stereocenters. The van der Waals surface area contributed by atoms with Crippen molar-refractivity contribution in [1.29, 1.82) is 0 Å². The van der Waals surface area contributed by atoms with Gasteiger partial charge < -0.3 is 24.7 Å². The Hall–Kier alpha value is -4.05. The van der Waals surface area contributed by atoms with Gasteiger partial charge in [0.05, 0.1) is 5.75 Å². The number of amides is 2. The maximum absolute atomic E-state index is 13.9. The van der Waals surface area contributed by atoms with Crippen LogP contribution in [0.3, 0.4) is 0 Å². The number of hydrogen-bond acceptors (Lipinski definition) is 5. The predicted octanol–water partition coefficient (Wildman–Crippen LogP) is 4.49. The molecule has 0 unspecified atom stereocenters. The third-order valence-corrected chi connectivity index (χ3v) is 6.91. The van der Waals surface area contributed by atoms with Crippen molar-refractivity contribution in [3.8, 4) is 11.5 Å². The number of fused-ring (bicyclic) bond motifs is 2. The van der Waals surface area contributed by atoms with Crippen LogP contribution in [-0.4, -0.2) is 35.5 Å². The molecule has 1 aliphatic heterocycles. The van der Waals surface area contributed by atoms with E-state index in [0.29, 0.717) is 24.6 Å². The first-order chi connectivity index (χ1) is 18.0. The summed E-state index contributed by atoms with van der Waals surface area (Å²) in [5.74, 6) is -1.13. The number of halogens is 2. The number of carbonyl (C=O) groups excluding carboxylic acids is 2. The highest BCUT2D eigenvalue weighted by Crippen LogP contribution is 2.33. The lowest BCUT2D eigenvalue weighted by Gasteiger charge is -2.09. The largest absolute Gasteiger partial charge is 0.454 e. The molecular weight excluding hydrogens is 500 g/mol. The third-order valence-electron chi connectivity index (χ3n) is 5.87. The molecule has 1 aromatic heterocycles. The van der Waals surface area contributed by atoms with Crippen LogP contribution < -0.4 is 20.1 Å². The summed E-state index contributed by atoms with van der Waals surface area (Å²) in [7, 11) is 0. The van der Waals surface area contributed by atoms with Gasteiger partial charge in [0.25, 0.3) is 5.91 Å². The summed E-state index contributed by atoms with van der Waals surface area (Å²) < 4.78 is 40.3. The Morgan fingerprint density at radius 1 is 0.946 bits per heavy atom. The lowest BCUT2D eigenvalue weighted by molar-refractivity contribution is -0.118. The van der Waals surface area contributed by atoms with Crippen molar-refractivity contribution in [3.05, 3.63) is 89.6 Å². The van der Waals surface area contributed by atoms with Gasteiger partial charge >= 0.3 is 0 Å². The zero-order chi connectivity index (χ0) is 25.8. The second kappa shape index (κ2) is 10.9. The third kappa shape index (κ3) is 5.54. The van der Waals surface area contributed by atoms with Crippen molar-refractivity contribution in [3.63, 3.8) is 0 Å². The first-order valence-corrected chi connectivity index (χ1v) is 12.6. The van der Waals surface area contributed by atoms with Crippen molar-refractivity contribution in [2.24, 2.45) is 0 Å². The van der Waals surface area contributed by atoms with Crippen LogP contribution in [0.4, 0.5) is 8.78 Å². The number of nitrogens with zero attached hydrogens (tertiary/aromatic N) is 1. The normalized spacial score (nSPS) is 12.1. The molecule has 0 aliphatic carbocycles. The summed E-state index contributed by atoms with van der Waals surface area (Å²) in [6.07, 6.45) is 1.91. The van der Waals surface area contributed by atoms with Crippen molar-refractivity contribution in [2.75, 3.05) is 19.1 Å². The summed E-state index contributed by atoms with van der Waals surface area (Å²) >= 11 is 1.41. The number of nitrogens with one attached hydrogen (secondary N) is 2. The van der Waals surface area contributed by atoms with Gasteiger partial charge in [-0.2, -0.15) is 0 Å². The molecule has 7 nitrogen and oxygen atoms in total. The highest BCUT2D eigenvalue weighted by Gasteiger charge is 2.17. The average Bonchev–Trinajstić information content (AvgIpc) is 3.50. The highest BCUT2D eigenvalue weighted by atomic mass is 32.2. The Morgan fingerprint density at radius 3 is 2.57 bits per heavy atom. The van der Waals surface area contributed by atoms with Crippen LogP contribution in [0.1, 0.15) is 15.9 Å². The fourth-order valence-corrected chi connectivity index (χ4v) is 4.97. The molecule has 0 spiro atoms. The summed E-state index contributed by atoms with van der Waals surface area (Å²) in [5.41, 5.74) is 1.25. The maximum atomic E-state index is 13.9. The van der Waals surface area contributed by atoms with E-state index in [9.17, 15) is 18.4 Å². The maximum Gasteiger partial charge on any atom is 0.257 e. The van der Waals surface area contributed by atoms with Crippen molar-refractivity contribution < 1.29 is 27.8 Å². The van der Waals surface area contributed by atoms with Crippen LogP contribution in [0.15, 0.2) is 71.8 Å². The minimum Gasteiger partial charge on any atom is -0.454 e. The predicted molar refractivity (Wildman–Crippen MR) is 136 cm³/mol. The Labute approximate surface area is 215 Å². The molecule has 0 saturated heterocycles. The Balaban J connectivity index is 1.18. The van der Waals surface area contributed by atoms with Crippen LogP contribution in [0, 0.1) is 11.6 Å². The monoisotopic (exact) mass is 523 g/mol. The molecule has 0 radical (unpaired) electrons. The molecule has 2 amide bonds. The number of thioether (sulfide) groups is 1. The molecule has 1 aliphatic rings. The van der Waals surface area contributed by atoms with E-state index in [4.69, 9.17) is 9.47 Å². The molecule has 0 fully saturated rings. The zero-order valence-electron chi connectivity index (χ0n) is 19.6. The van der Waals surface area contributed by atoms with Gasteiger partial charge in [0, 0.05) is 41.6 Å². The van der Waals surface area contributed by atoms with Gasteiger partial charge in [-0.3, -0.25) is 9.59 Å². The molecular formula is C27H23F2N3O4S. The lowest BCUT2D eigenvalue weighted by Crippen LogP contribution is -2.28. The van der Waals surface area contributed by atoms with Crippen molar-refractivity contribution in [1.82, 2.24) is 15.2 Å². The molecule has 4 aromatic rings. The molecule has 2 heterocycles. The fourth-order valence-electron chi connectivity index (χ4n) is 4.05. The molecule has 0 bridgehead atoms. The van der Waals surface area contributed by atoms with Gasteiger partial charge in [0.2, 0.25) is 12.7 Å². The molecule has 2 N–H and O–H groups in total. The highest BCUT2D eigenvalue weighted by molar-refractivity contribution is 8.00. The van der Waals surface area contributed by atoms with E-state index in [1.165, 1.54) is 17.8 Å². The van der Waals surface area contributed by atoms with E-state index in [0.717, 1.165) is 33.5 Å². The van der Waals surface area contributed by atoms with Gasteiger partial charge in [-0.05, 0) is 35.9 Å². The number of rotatable bonds is 9. The number of aromatic nitrogens is 1. The van der Waals surface area contributed by atoms with Crippen LogP contribution in [0.2, 0.25) is 0 Å². The molecule has 10 heteroatoms. The van der Waals surface area contributed by atoms with E-state index in [1.807, 2.05) is 53.2 Å². The average molecular weight is 524 g/mol. The minimum atomic E-state index is -0.903. The standard InChI is InChI=1S/C27H23F2N3O4S/c28-19-5-3-6-20(29)26(19)27(34)30-10-11-32-14-24(18-4-1-2-7-21(18)32)37-15-25(33)31-13-17-8-9-22-23(12-17)36-16-35-22/h1-9,12,14H,10-11,13,15-16H2,(H,30,34)(H,31,33). The minimum absolute atomic E-state index is 0.112. The van der Waals surface area contributed by atoms with Crippen molar-refractivity contribution >= 4 is 34.5 Å². The van der Waals surface area contributed by atoms with Gasteiger partial charge in [-0.15, -0.1) is 11.8 Å². The zero-order valence-corrected chi connectivity index (χ0v) is 20.4. The number of hydrogen-bond donors (Lipinski definition) is 2. The first-order valence-electron chi connectivity index (χ1n) is 11.6. The smallest absolute Gasteiger partial charge is 0.257 e. The fraction of sp³-hybridized carbons (Fsp3) is 0.185. The number of carbonyl (C=O) groups is 2. The molecule has 3 aromatic carbocycles.